The van der Waals surface area contributed by atoms with Gasteiger partial charge in [-0.25, -0.2) is 9.78 Å². The van der Waals surface area contributed by atoms with Crippen molar-refractivity contribution < 1.29 is 19.4 Å². The zero-order chi connectivity index (χ0) is 12.8. The van der Waals surface area contributed by atoms with Crippen molar-refractivity contribution in [1.82, 2.24) is 10.3 Å². The van der Waals surface area contributed by atoms with Gasteiger partial charge in [-0.05, 0) is 19.1 Å². The molecule has 1 aromatic heterocycles. The number of aliphatic hydroxyl groups is 1. The molecule has 0 bridgehead atoms. The second-order valence-electron chi connectivity index (χ2n) is 3.36. The van der Waals surface area contributed by atoms with Crippen molar-refractivity contribution in [3.8, 4) is 5.75 Å². The van der Waals surface area contributed by atoms with Gasteiger partial charge in [-0.3, -0.25) is 4.79 Å². The summed E-state index contributed by atoms with van der Waals surface area (Å²) in [6.45, 7) is 1.69. The van der Waals surface area contributed by atoms with E-state index in [1.54, 1.807) is 6.92 Å². The maximum atomic E-state index is 11.5. The molecule has 0 radical (unpaired) electrons. The second kappa shape index (κ2) is 5.80. The van der Waals surface area contributed by atoms with E-state index in [2.05, 4.69) is 15.0 Å². The van der Waals surface area contributed by atoms with Crippen molar-refractivity contribution in [2.75, 3.05) is 6.54 Å². The normalized spacial score (nSPS) is 11.6. The summed E-state index contributed by atoms with van der Waals surface area (Å²) < 4.78 is 4.55. The van der Waals surface area contributed by atoms with Crippen LogP contribution in [0.1, 0.15) is 17.4 Å². The first-order chi connectivity index (χ1) is 7.99. The standard InChI is InChI=1S/C10H13N3O4/c1-6(14)4-13-9(15)8-3-2-7(5-12-8)17-10(11)16/h2-3,5-6,14H,4H2,1H3,(H2,11,16)(H,13,15)/t6-/m1/s1. The molecule has 1 rings (SSSR count). The molecule has 0 aromatic carbocycles. The number of carbonyl (C=O) groups excluding carboxylic acids is 2. The van der Waals surface area contributed by atoms with E-state index < -0.39 is 18.1 Å². The van der Waals surface area contributed by atoms with Gasteiger partial charge in [0.2, 0.25) is 0 Å². The fourth-order valence-electron chi connectivity index (χ4n) is 1.02. The Kier molecular flexibility index (Phi) is 4.41. The van der Waals surface area contributed by atoms with Gasteiger partial charge in [-0.1, -0.05) is 0 Å². The minimum atomic E-state index is -0.946. The Morgan fingerprint density at radius 1 is 1.59 bits per heavy atom. The average molecular weight is 239 g/mol. The smallest absolute Gasteiger partial charge is 0.409 e. The van der Waals surface area contributed by atoms with Crippen LogP contribution in [-0.4, -0.2) is 34.7 Å². The van der Waals surface area contributed by atoms with Crippen molar-refractivity contribution in [3.05, 3.63) is 24.0 Å². The molecule has 0 unspecified atom stereocenters. The van der Waals surface area contributed by atoms with E-state index in [-0.39, 0.29) is 18.0 Å². The van der Waals surface area contributed by atoms with E-state index >= 15 is 0 Å². The number of hydrogen-bond donors (Lipinski definition) is 3. The van der Waals surface area contributed by atoms with Gasteiger partial charge in [0.1, 0.15) is 5.69 Å². The van der Waals surface area contributed by atoms with Gasteiger partial charge in [0.25, 0.3) is 5.91 Å². The van der Waals surface area contributed by atoms with Gasteiger partial charge >= 0.3 is 6.09 Å². The lowest BCUT2D eigenvalue weighted by Crippen LogP contribution is -2.31. The molecule has 17 heavy (non-hydrogen) atoms. The molecule has 0 aliphatic rings. The molecular formula is C10H13N3O4. The first-order valence-electron chi connectivity index (χ1n) is 4.88. The molecule has 7 heteroatoms. The highest BCUT2D eigenvalue weighted by molar-refractivity contribution is 5.92. The molecule has 0 saturated carbocycles. The molecule has 92 valence electrons. The molecule has 1 heterocycles. The Morgan fingerprint density at radius 2 is 2.29 bits per heavy atom. The Hall–Kier alpha value is -2.15. The van der Waals surface area contributed by atoms with E-state index in [4.69, 9.17) is 10.8 Å². The third kappa shape index (κ3) is 4.47. The quantitative estimate of drug-likeness (QED) is 0.664. The number of pyridine rings is 1. The highest BCUT2D eigenvalue weighted by Gasteiger charge is 2.08. The number of aromatic nitrogens is 1. The predicted octanol–water partition coefficient (Wildman–Crippen LogP) is -0.350. The zero-order valence-corrected chi connectivity index (χ0v) is 9.21. The number of aliphatic hydroxyl groups excluding tert-OH is 1. The van der Waals surface area contributed by atoms with Crippen molar-refractivity contribution in [3.63, 3.8) is 0 Å². The highest BCUT2D eigenvalue weighted by Crippen LogP contribution is 2.08. The first kappa shape index (κ1) is 12.9. The van der Waals surface area contributed by atoms with Gasteiger partial charge in [-0.15, -0.1) is 0 Å². The zero-order valence-electron chi connectivity index (χ0n) is 9.21. The predicted molar refractivity (Wildman–Crippen MR) is 58.5 cm³/mol. The van der Waals surface area contributed by atoms with E-state index in [0.29, 0.717) is 0 Å². The topological polar surface area (TPSA) is 115 Å². The largest absolute Gasteiger partial charge is 0.410 e. The van der Waals surface area contributed by atoms with Gasteiger partial charge in [0.15, 0.2) is 5.75 Å². The molecule has 4 N–H and O–H groups in total. The summed E-state index contributed by atoms with van der Waals surface area (Å²) in [4.78, 5) is 25.7. The van der Waals surface area contributed by atoms with Gasteiger partial charge in [0.05, 0.1) is 12.3 Å². The van der Waals surface area contributed by atoms with Crippen molar-refractivity contribution in [2.45, 2.75) is 13.0 Å². The van der Waals surface area contributed by atoms with Crippen LogP contribution in [0.4, 0.5) is 4.79 Å². The van der Waals surface area contributed by atoms with Crippen LogP contribution in [0.5, 0.6) is 5.75 Å². The maximum absolute atomic E-state index is 11.5. The Bertz CT molecular complexity index is 403. The SMILES string of the molecule is C[C@@H](O)CNC(=O)c1ccc(OC(N)=O)cn1. The molecule has 7 nitrogen and oxygen atoms in total. The highest BCUT2D eigenvalue weighted by atomic mass is 16.5. The van der Waals surface area contributed by atoms with Crippen molar-refractivity contribution in [1.29, 1.82) is 0 Å². The fraction of sp³-hybridized carbons (Fsp3) is 0.300. The number of hydrogen-bond acceptors (Lipinski definition) is 5. The third-order valence-corrected chi connectivity index (χ3v) is 1.75. The molecule has 2 amide bonds. The number of amides is 2. The lowest BCUT2D eigenvalue weighted by Gasteiger charge is -2.06. The van der Waals surface area contributed by atoms with E-state index in [0.717, 1.165) is 0 Å². The molecule has 1 aromatic rings. The summed E-state index contributed by atoms with van der Waals surface area (Å²) in [7, 11) is 0. The van der Waals surface area contributed by atoms with E-state index in [1.807, 2.05) is 0 Å². The number of nitrogens with two attached hydrogens (primary N) is 1. The number of nitrogens with zero attached hydrogens (tertiary/aromatic N) is 1. The van der Waals surface area contributed by atoms with Crippen molar-refractivity contribution in [2.24, 2.45) is 5.73 Å². The summed E-state index contributed by atoms with van der Waals surface area (Å²) in [6, 6.07) is 2.78. The van der Waals surface area contributed by atoms with Crippen LogP contribution in [0.3, 0.4) is 0 Å². The van der Waals surface area contributed by atoms with Gasteiger partial charge in [-0.2, -0.15) is 0 Å². The third-order valence-electron chi connectivity index (χ3n) is 1.75. The summed E-state index contributed by atoms with van der Waals surface area (Å²) in [5, 5.41) is 11.5. The minimum Gasteiger partial charge on any atom is -0.409 e. The number of primary amides is 1. The Labute approximate surface area is 97.6 Å². The van der Waals surface area contributed by atoms with E-state index in [9.17, 15) is 9.59 Å². The molecule has 0 saturated heterocycles. The maximum Gasteiger partial charge on any atom is 0.410 e. The van der Waals surface area contributed by atoms with Crippen LogP contribution in [0.25, 0.3) is 0 Å². The molecule has 0 fully saturated rings. The number of carbonyl (C=O) groups is 2. The van der Waals surface area contributed by atoms with Gasteiger partial charge in [0, 0.05) is 6.54 Å². The lowest BCUT2D eigenvalue weighted by molar-refractivity contribution is 0.0919. The number of nitrogens with one attached hydrogen (secondary N) is 1. The monoisotopic (exact) mass is 239 g/mol. The minimum absolute atomic E-state index is 0.139. The van der Waals surface area contributed by atoms with Crippen LogP contribution < -0.4 is 15.8 Å². The Balaban J connectivity index is 2.60. The van der Waals surface area contributed by atoms with Crippen LogP contribution in [0, 0.1) is 0 Å². The Morgan fingerprint density at radius 3 is 2.76 bits per heavy atom. The molecule has 0 aliphatic carbocycles. The summed E-state index contributed by atoms with van der Waals surface area (Å²) in [5.41, 5.74) is 4.96. The fourth-order valence-corrected chi connectivity index (χ4v) is 1.02. The number of rotatable bonds is 4. The molecule has 0 aliphatic heterocycles. The summed E-state index contributed by atoms with van der Waals surface area (Å²) >= 11 is 0. The van der Waals surface area contributed by atoms with Crippen LogP contribution in [0.2, 0.25) is 0 Å². The summed E-state index contributed by atoms with van der Waals surface area (Å²) in [6.07, 6.45) is -0.364. The summed E-state index contributed by atoms with van der Waals surface area (Å²) in [5.74, 6) is -0.263. The van der Waals surface area contributed by atoms with Crippen LogP contribution in [0.15, 0.2) is 18.3 Å². The molecule has 0 spiro atoms. The first-order valence-corrected chi connectivity index (χ1v) is 4.88. The van der Waals surface area contributed by atoms with Gasteiger partial charge < -0.3 is 20.9 Å². The van der Waals surface area contributed by atoms with Crippen LogP contribution in [-0.2, 0) is 0 Å². The lowest BCUT2D eigenvalue weighted by atomic mass is 10.3. The van der Waals surface area contributed by atoms with Crippen LogP contribution >= 0.6 is 0 Å². The van der Waals surface area contributed by atoms with Crippen molar-refractivity contribution >= 4 is 12.0 Å². The molecular weight excluding hydrogens is 226 g/mol. The average Bonchev–Trinajstić information content (AvgIpc) is 2.26. The molecule has 1 atom stereocenters. The second-order valence-corrected chi connectivity index (χ2v) is 3.36. The van der Waals surface area contributed by atoms with E-state index in [1.165, 1.54) is 18.3 Å². The number of ether oxygens (including phenoxy) is 1.